The molecule has 0 unspecified atom stereocenters. The Morgan fingerprint density at radius 2 is 1.49 bits per heavy atom. The van der Waals surface area contributed by atoms with Crippen LogP contribution in [0.1, 0.15) is 49.7 Å². The largest absolute Gasteiger partial charge is 0.494 e. The lowest BCUT2D eigenvalue weighted by molar-refractivity contribution is -0.140. The van der Waals surface area contributed by atoms with Crippen molar-refractivity contribution < 1.29 is 23.8 Å². The minimum absolute atomic E-state index is 0.0432. The van der Waals surface area contributed by atoms with E-state index < -0.39 is 11.9 Å². The van der Waals surface area contributed by atoms with Crippen LogP contribution < -0.4 is 14.8 Å². The van der Waals surface area contributed by atoms with Crippen molar-refractivity contribution in [2.24, 2.45) is 0 Å². The Hall–Kier alpha value is -4.32. The van der Waals surface area contributed by atoms with Gasteiger partial charge in [0.1, 0.15) is 24.7 Å². The first kappa shape index (κ1) is 26.3. The molecule has 0 spiro atoms. The molecule has 3 aromatic carbocycles. The van der Waals surface area contributed by atoms with E-state index >= 15 is 0 Å². The van der Waals surface area contributed by atoms with Gasteiger partial charge in [0, 0.05) is 29.3 Å². The number of allylic oxidation sites excluding steroid dienone is 3. The van der Waals surface area contributed by atoms with Gasteiger partial charge in [0.15, 0.2) is 5.78 Å². The molecule has 0 radical (unpaired) electrons. The number of Topliss-reactive ketones (excluding diaryl/α,β-unsaturated/α-hetero) is 1. The number of carbonyl (C=O) groups excluding carboxylic acids is 2. The highest BCUT2D eigenvalue weighted by atomic mass is 16.6. The van der Waals surface area contributed by atoms with E-state index in [9.17, 15) is 9.59 Å². The van der Waals surface area contributed by atoms with Crippen LogP contribution in [0.4, 0.5) is 0 Å². The molecule has 6 nitrogen and oxygen atoms in total. The van der Waals surface area contributed by atoms with E-state index in [-0.39, 0.29) is 24.9 Å². The summed E-state index contributed by atoms with van der Waals surface area (Å²) in [5.74, 6) is 0.602. The average molecular weight is 524 g/mol. The van der Waals surface area contributed by atoms with Gasteiger partial charge in [-0.3, -0.25) is 4.79 Å². The number of hydrogen-bond donors (Lipinski definition) is 1. The summed E-state index contributed by atoms with van der Waals surface area (Å²) in [4.78, 5) is 27.2. The molecule has 1 aliphatic carbocycles. The standard InChI is InChI=1S/C33H33NO5/c1-3-37-27-16-14-24(15-17-27)31-30(33(36)39-19-18-38-26-12-8-5-9-13-26)22(2)34-28-20-25(21-29(35)32(28)31)23-10-6-4-7-11-23/h4-17,25,31,34H,3,18-21H2,1-2H3/t25-,31+/m1/s1. The molecule has 0 amide bonds. The van der Waals surface area contributed by atoms with Gasteiger partial charge in [-0.15, -0.1) is 0 Å². The molecular formula is C33H33NO5. The van der Waals surface area contributed by atoms with Crippen molar-refractivity contribution >= 4 is 11.8 Å². The number of carbonyl (C=O) groups is 2. The molecule has 1 N–H and O–H groups in total. The molecule has 1 aliphatic heterocycles. The van der Waals surface area contributed by atoms with Gasteiger partial charge < -0.3 is 19.5 Å². The number of ketones is 1. The molecule has 3 aromatic rings. The number of esters is 1. The van der Waals surface area contributed by atoms with E-state index in [1.807, 2.05) is 86.6 Å². The summed E-state index contributed by atoms with van der Waals surface area (Å²) in [5.41, 5.74) is 4.66. The fourth-order valence-corrected chi connectivity index (χ4v) is 5.42. The zero-order valence-electron chi connectivity index (χ0n) is 22.3. The first-order valence-electron chi connectivity index (χ1n) is 13.4. The van der Waals surface area contributed by atoms with Crippen LogP contribution in [0, 0.1) is 0 Å². The number of benzene rings is 3. The minimum Gasteiger partial charge on any atom is -0.494 e. The van der Waals surface area contributed by atoms with Gasteiger partial charge in [0.2, 0.25) is 0 Å². The molecule has 0 saturated carbocycles. The first-order chi connectivity index (χ1) is 19.0. The predicted molar refractivity (Wildman–Crippen MR) is 150 cm³/mol. The van der Waals surface area contributed by atoms with Gasteiger partial charge >= 0.3 is 5.97 Å². The summed E-state index contributed by atoms with van der Waals surface area (Å²) in [6.45, 7) is 4.69. The normalized spacial score (nSPS) is 18.8. The van der Waals surface area contributed by atoms with Gasteiger partial charge in [0.05, 0.1) is 12.2 Å². The number of rotatable bonds is 9. The number of dihydropyridines is 1. The van der Waals surface area contributed by atoms with Gasteiger partial charge in [-0.05, 0) is 61.6 Å². The van der Waals surface area contributed by atoms with Gasteiger partial charge in [-0.25, -0.2) is 4.79 Å². The summed E-state index contributed by atoms with van der Waals surface area (Å²) >= 11 is 0. The van der Waals surface area contributed by atoms with Crippen molar-refractivity contribution in [2.45, 2.75) is 38.5 Å². The molecule has 0 saturated heterocycles. The Morgan fingerprint density at radius 3 is 2.18 bits per heavy atom. The Morgan fingerprint density at radius 1 is 0.821 bits per heavy atom. The number of hydrogen-bond acceptors (Lipinski definition) is 6. The number of nitrogens with one attached hydrogen (secondary N) is 1. The molecule has 1 heterocycles. The molecule has 2 aliphatic rings. The van der Waals surface area contributed by atoms with Gasteiger partial charge in [-0.2, -0.15) is 0 Å². The highest BCUT2D eigenvalue weighted by Gasteiger charge is 2.41. The van der Waals surface area contributed by atoms with Crippen molar-refractivity contribution in [1.29, 1.82) is 0 Å². The Kier molecular flexibility index (Phi) is 8.11. The quantitative estimate of drug-likeness (QED) is 0.271. The molecule has 5 rings (SSSR count). The maximum atomic E-state index is 13.7. The summed E-state index contributed by atoms with van der Waals surface area (Å²) in [7, 11) is 0. The molecule has 6 heteroatoms. The molecular weight excluding hydrogens is 490 g/mol. The highest BCUT2D eigenvalue weighted by Crippen LogP contribution is 2.45. The third-order valence-corrected chi connectivity index (χ3v) is 7.17. The van der Waals surface area contributed by atoms with E-state index in [4.69, 9.17) is 14.2 Å². The maximum absolute atomic E-state index is 13.7. The van der Waals surface area contributed by atoms with E-state index in [1.54, 1.807) is 0 Å². The summed E-state index contributed by atoms with van der Waals surface area (Å²) < 4.78 is 17.0. The topological polar surface area (TPSA) is 73.9 Å². The fourth-order valence-electron chi connectivity index (χ4n) is 5.42. The third kappa shape index (κ3) is 5.90. The SMILES string of the molecule is CCOc1ccc([C@H]2C(C(=O)OCCOc3ccccc3)=C(C)NC3=C2C(=O)C[C@H](c2ccccc2)C3)cc1. The zero-order chi connectivity index (χ0) is 27.2. The third-order valence-electron chi connectivity index (χ3n) is 7.17. The summed E-state index contributed by atoms with van der Waals surface area (Å²) in [6.07, 6.45) is 1.09. The molecule has 0 aromatic heterocycles. The van der Waals surface area contributed by atoms with Crippen LogP contribution in [0.15, 0.2) is 107 Å². The summed E-state index contributed by atoms with van der Waals surface area (Å²) in [5, 5.41) is 3.41. The Balaban J connectivity index is 1.42. The Labute approximate surface area is 229 Å². The Bertz CT molecular complexity index is 1380. The molecule has 39 heavy (non-hydrogen) atoms. The van der Waals surface area contributed by atoms with Crippen molar-refractivity contribution in [2.75, 3.05) is 19.8 Å². The van der Waals surface area contributed by atoms with Gasteiger partial charge in [0.25, 0.3) is 0 Å². The molecule has 0 fully saturated rings. The van der Waals surface area contributed by atoms with E-state index in [0.29, 0.717) is 42.0 Å². The molecule has 2 atom stereocenters. The maximum Gasteiger partial charge on any atom is 0.336 e. The van der Waals surface area contributed by atoms with Crippen LogP contribution in [0.2, 0.25) is 0 Å². The predicted octanol–water partition coefficient (Wildman–Crippen LogP) is 6.07. The van der Waals surface area contributed by atoms with Crippen molar-refractivity contribution in [3.8, 4) is 11.5 Å². The van der Waals surface area contributed by atoms with Crippen LogP contribution in [0.5, 0.6) is 11.5 Å². The van der Waals surface area contributed by atoms with Crippen LogP contribution in [-0.4, -0.2) is 31.6 Å². The van der Waals surface area contributed by atoms with Crippen LogP contribution in [0.25, 0.3) is 0 Å². The number of ether oxygens (including phenoxy) is 3. The van der Waals surface area contributed by atoms with Crippen molar-refractivity contribution in [3.63, 3.8) is 0 Å². The van der Waals surface area contributed by atoms with Crippen LogP contribution in [-0.2, 0) is 14.3 Å². The van der Waals surface area contributed by atoms with E-state index in [1.165, 1.54) is 0 Å². The second-order valence-corrected chi connectivity index (χ2v) is 9.73. The monoisotopic (exact) mass is 523 g/mol. The van der Waals surface area contributed by atoms with Crippen LogP contribution in [0.3, 0.4) is 0 Å². The lowest BCUT2D eigenvalue weighted by Gasteiger charge is -2.36. The second-order valence-electron chi connectivity index (χ2n) is 9.73. The van der Waals surface area contributed by atoms with Crippen LogP contribution >= 0.6 is 0 Å². The number of para-hydroxylation sites is 1. The lowest BCUT2D eigenvalue weighted by Crippen LogP contribution is -2.36. The fraction of sp³-hybridized carbons (Fsp3) is 0.273. The van der Waals surface area contributed by atoms with E-state index in [2.05, 4.69) is 17.4 Å². The van der Waals surface area contributed by atoms with E-state index in [0.717, 1.165) is 22.6 Å². The molecule has 0 bridgehead atoms. The van der Waals surface area contributed by atoms with Crippen molar-refractivity contribution in [1.82, 2.24) is 5.32 Å². The average Bonchev–Trinajstić information content (AvgIpc) is 2.96. The zero-order valence-corrected chi connectivity index (χ0v) is 22.3. The smallest absolute Gasteiger partial charge is 0.336 e. The second kappa shape index (κ2) is 12.0. The van der Waals surface area contributed by atoms with Crippen molar-refractivity contribution in [3.05, 3.63) is 119 Å². The molecule has 200 valence electrons. The lowest BCUT2D eigenvalue weighted by atomic mass is 9.72. The van der Waals surface area contributed by atoms with Gasteiger partial charge in [-0.1, -0.05) is 60.7 Å². The highest BCUT2D eigenvalue weighted by molar-refractivity contribution is 6.04. The first-order valence-corrected chi connectivity index (χ1v) is 13.4. The summed E-state index contributed by atoms with van der Waals surface area (Å²) in [6, 6.07) is 27.1. The minimum atomic E-state index is -0.524.